The van der Waals surface area contributed by atoms with Crippen LogP contribution in [-0.4, -0.2) is 86.8 Å². The number of rotatable bonds is 6. The molecule has 2 aliphatic heterocycles. The Balaban J connectivity index is 1.28. The maximum atomic E-state index is 14.2. The highest BCUT2D eigenvalue weighted by atomic mass is 79.9. The quantitative estimate of drug-likeness (QED) is 0.172. The molecule has 6 rings (SSSR count). The van der Waals surface area contributed by atoms with Crippen LogP contribution in [0.15, 0.2) is 53.4 Å². The molecule has 11 nitrogen and oxygen atoms in total. The van der Waals surface area contributed by atoms with Gasteiger partial charge < -0.3 is 20.4 Å². The average Bonchev–Trinajstić information content (AvgIpc) is 3.65. The van der Waals surface area contributed by atoms with E-state index in [9.17, 15) is 14.4 Å². The Morgan fingerprint density at radius 1 is 1.10 bits per heavy atom. The van der Waals surface area contributed by atoms with Gasteiger partial charge in [-0.15, -0.1) is 0 Å². The summed E-state index contributed by atoms with van der Waals surface area (Å²) in [4.78, 5) is 58.0. The summed E-state index contributed by atoms with van der Waals surface area (Å²) in [5, 5.41) is 15.0. The normalized spacial score (nSPS) is 22.6. The van der Waals surface area contributed by atoms with E-state index >= 15 is 0 Å². The Kier molecular flexibility index (Phi) is 10.1. The Labute approximate surface area is 295 Å². The number of nitrogens with zero attached hydrogens (tertiary/aromatic N) is 5. The number of aryl methyl sites for hydroxylation is 2. The van der Waals surface area contributed by atoms with E-state index in [1.807, 2.05) is 32.0 Å². The highest BCUT2D eigenvalue weighted by molar-refractivity contribution is 9.10. The molecular formula is C37H43BrN8O3. The third kappa shape index (κ3) is 7.50. The van der Waals surface area contributed by atoms with Crippen LogP contribution in [0.5, 0.6) is 0 Å². The van der Waals surface area contributed by atoms with Crippen LogP contribution in [0.4, 0.5) is 11.5 Å². The standard InChI is InChI=1S/C37H43BrN8O3/c1-22-14-26(27-18-40-24(3)41-19-27)15-28(33(39)23(2)47)34(22)42-20-32(48)46-29-16-37(17-30(37)46)21-45(4)13-9-7-5-6-8-10-25-11-12-31(38)43-35(25)44-36(29)49/h6,8,11-12,14-15,18-19,29-30,39,42H,5,7,9-10,13,16-17,20-21H2,1-4H3,(H,43,44,49)/t29-,30+,37-/m0/s1. The summed E-state index contributed by atoms with van der Waals surface area (Å²) in [7, 11) is 2.13. The number of pyridine rings is 1. The lowest BCUT2D eigenvalue weighted by atomic mass is 9.95. The zero-order valence-electron chi connectivity index (χ0n) is 28.5. The number of anilines is 2. The fourth-order valence-corrected chi connectivity index (χ4v) is 7.65. The molecule has 12 heteroatoms. The van der Waals surface area contributed by atoms with Crippen LogP contribution in [0.1, 0.15) is 61.5 Å². The second-order valence-electron chi connectivity index (χ2n) is 13.7. The first-order valence-electron chi connectivity index (χ1n) is 16.8. The number of piperidine rings is 1. The zero-order valence-corrected chi connectivity index (χ0v) is 30.1. The molecule has 2 fully saturated rings. The summed E-state index contributed by atoms with van der Waals surface area (Å²) in [5.74, 6) is 0.303. The van der Waals surface area contributed by atoms with E-state index in [1.165, 1.54) is 6.92 Å². The van der Waals surface area contributed by atoms with Crippen LogP contribution in [-0.2, 0) is 20.8 Å². The van der Waals surface area contributed by atoms with Crippen molar-refractivity contribution in [1.29, 1.82) is 5.41 Å². The van der Waals surface area contributed by atoms with Gasteiger partial charge in [0.15, 0.2) is 5.78 Å². The molecule has 3 atom stereocenters. The predicted molar refractivity (Wildman–Crippen MR) is 194 cm³/mol. The molecule has 256 valence electrons. The van der Waals surface area contributed by atoms with Gasteiger partial charge in [0.1, 0.15) is 28.0 Å². The maximum Gasteiger partial charge on any atom is 0.248 e. The number of amides is 2. The number of hydrogen-bond donors (Lipinski definition) is 3. The number of Topliss-reactive ketones (excluding diaryl/α,β-unsaturated/α-hetero) is 1. The van der Waals surface area contributed by atoms with E-state index in [0.717, 1.165) is 61.0 Å². The zero-order chi connectivity index (χ0) is 34.9. The van der Waals surface area contributed by atoms with Crippen molar-refractivity contribution in [1.82, 2.24) is 24.8 Å². The molecule has 0 unspecified atom stereocenters. The number of benzene rings is 1. The molecule has 1 spiro atoms. The van der Waals surface area contributed by atoms with E-state index in [0.29, 0.717) is 40.3 Å². The number of aromatic nitrogens is 3. The highest BCUT2D eigenvalue weighted by Crippen LogP contribution is 2.60. The first kappa shape index (κ1) is 34.6. The monoisotopic (exact) mass is 726 g/mol. The van der Waals surface area contributed by atoms with Crippen molar-refractivity contribution in [3.8, 4) is 11.1 Å². The summed E-state index contributed by atoms with van der Waals surface area (Å²) in [5.41, 5.74) is 3.83. The summed E-state index contributed by atoms with van der Waals surface area (Å²) in [6, 6.07) is 6.83. The van der Waals surface area contributed by atoms with Gasteiger partial charge in [-0.1, -0.05) is 18.2 Å². The Hall–Kier alpha value is -4.29. The molecule has 3 aromatic rings. The van der Waals surface area contributed by atoms with Gasteiger partial charge in [0.2, 0.25) is 11.8 Å². The first-order chi connectivity index (χ1) is 23.5. The van der Waals surface area contributed by atoms with E-state index < -0.39 is 6.04 Å². The largest absolute Gasteiger partial charge is 0.375 e. The molecule has 1 saturated heterocycles. The smallest absolute Gasteiger partial charge is 0.248 e. The summed E-state index contributed by atoms with van der Waals surface area (Å²) >= 11 is 3.45. The molecule has 1 aliphatic carbocycles. The Morgan fingerprint density at radius 3 is 2.63 bits per heavy atom. The van der Waals surface area contributed by atoms with Crippen molar-refractivity contribution < 1.29 is 14.4 Å². The minimum atomic E-state index is -0.654. The van der Waals surface area contributed by atoms with E-state index in [2.05, 4.69) is 65.6 Å². The lowest BCUT2D eigenvalue weighted by Gasteiger charge is -2.28. The molecule has 3 aliphatic rings. The SMILES string of the molecule is CC(=O)C(=N)c1cc(-c2cnc(C)nc2)cc(C)c1NCC(=O)N1[C@H]2C[C@]3(C[C@@H]13)CN(C)CCCCC=CCc1ccc(Br)nc1NC2=O. The van der Waals surface area contributed by atoms with Crippen LogP contribution in [0, 0.1) is 24.7 Å². The molecule has 49 heavy (non-hydrogen) atoms. The number of fused-ring (bicyclic) bond motifs is 2. The van der Waals surface area contributed by atoms with Gasteiger partial charge in [-0.25, -0.2) is 15.0 Å². The number of hydrogen-bond acceptors (Lipinski definition) is 9. The van der Waals surface area contributed by atoms with Gasteiger partial charge in [0.05, 0.1) is 6.54 Å². The fraction of sp³-hybridized carbons (Fsp3) is 0.432. The third-order valence-corrected chi connectivity index (χ3v) is 10.4. The molecule has 2 bridgehead atoms. The van der Waals surface area contributed by atoms with Gasteiger partial charge in [-0.3, -0.25) is 19.8 Å². The van der Waals surface area contributed by atoms with E-state index in [-0.39, 0.29) is 41.3 Å². The molecule has 1 saturated carbocycles. The lowest BCUT2D eigenvalue weighted by molar-refractivity contribution is -0.136. The number of nitrogens with one attached hydrogen (secondary N) is 3. The van der Waals surface area contributed by atoms with Crippen molar-refractivity contribution in [2.45, 2.75) is 71.4 Å². The fourth-order valence-electron chi connectivity index (χ4n) is 7.34. The number of likely N-dealkylation sites (tertiary alicyclic amines) is 1. The van der Waals surface area contributed by atoms with Gasteiger partial charge in [0.25, 0.3) is 0 Å². The number of allylic oxidation sites excluding steroid dienone is 2. The molecule has 1 aromatic carbocycles. The molecule has 0 radical (unpaired) electrons. The predicted octanol–water partition coefficient (Wildman–Crippen LogP) is 5.50. The van der Waals surface area contributed by atoms with Crippen LogP contribution in [0.3, 0.4) is 0 Å². The van der Waals surface area contributed by atoms with Crippen LogP contribution in [0.25, 0.3) is 11.1 Å². The van der Waals surface area contributed by atoms with Gasteiger partial charge in [-0.2, -0.15) is 0 Å². The number of halogens is 1. The van der Waals surface area contributed by atoms with Crippen molar-refractivity contribution in [3.63, 3.8) is 0 Å². The number of ketones is 1. The second-order valence-corrected chi connectivity index (χ2v) is 14.5. The minimum Gasteiger partial charge on any atom is -0.375 e. The van der Waals surface area contributed by atoms with Crippen molar-refractivity contribution in [3.05, 3.63) is 75.9 Å². The van der Waals surface area contributed by atoms with Crippen molar-refractivity contribution in [2.75, 3.05) is 37.3 Å². The third-order valence-electron chi connectivity index (χ3n) is 9.93. The first-order valence-corrected chi connectivity index (χ1v) is 17.6. The summed E-state index contributed by atoms with van der Waals surface area (Å²) < 4.78 is 0.623. The number of carbonyl (C=O) groups excluding carboxylic acids is 3. The summed E-state index contributed by atoms with van der Waals surface area (Å²) in [6.45, 7) is 6.73. The molecule has 3 N–H and O–H groups in total. The molecular weight excluding hydrogens is 684 g/mol. The van der Waals surface area contributed by atoms with Gasteiger partial charge in [0, 0.05) is 54.1 Å². The topological polar surface area (TPSA) is 144 Å². The molecule has 2 aromatic heterocycles. The highest BCUT2D eigenvalue weighted by Gasteiger charge is 2.67. The minimum absolute atomic E-state index is 0.0488. The summed E-state index contributed by atoms with van der Waals surface area (Å²) in [6.07, 6.45) is 13.0. The average molecular weight is 728 g/mol. The van der Waals surface area contributed by atoms with E-state index in [1.54, 1.807) is 23.4 Å². The Morgan fingerprint density at radius 2 is 1.88 bits per heavy atom. The molecule has 2 amide bonds. The maximum absolute atomic E-state index is 14.2. The van der Waals surface area contributed by atoms with Crippen LogP contribution < -0.4 is 10.6 Å². The molecule has 4 heterocycles. The van der Waals surface area contributed by atoms with Crippen molar-refractivity contribution in [2.24, 2.45) is 5.41 Å². The van der Waals surface area contributed by atoms with Crippen LogP contribution >= 0.6 is 15.9 Å². The Bertz CT molecular complexity index is 1830. The van der Waals surface area contributed by atoms with Crippen LogP contribution in [0.2, 0.25) is 0 Å². The van der Waals surface area contributed by atoms with Gasteiger partial charge in [-0.05, 0) is 117 Å². The lowest BCUT2D eigenvalue weighted by Crippen LogP contribution is -2.47. The van der Waals surface area contributed by atoms with E-state index in [4.69, 9.17) is 5.41 Å². The number of carbonyl (C=O) groups is 3. The van der Waals surface area contributed by atoms with Gasteiger partial charge >= 0.3 is 0 Å². The second kappa shape index (κ2) is 14.3. The van der Waals surface area contributed by atoms with Crippen molar-refractivity contribution >= 4 is 50.7 Å².